The van der Waals surface area contributed by atoms with Gasteiger partial charge in [0.15, 0.2) is 17.9 Å². The summed E-state index contributed by atoms with van der Waals surface area (Å²) in [5.41, 5.74) is 4.20. The van der Waals surface area contributed by atoms with Gasteiger partial charge in [-0.2, -0.15) is 8.62 Å². The van der Waals surface area contributed by atoms with Crippen LogP contribution < -0.4 is 5.73 Å². The smallest absolute Gasteiger partial charge is 0.387 e. The van der Waals surface area contributed by atoms with E-state index in [2.05, 4.69) is 28.1 Å². The summed E-state index contributed by atoms with van der Waals surface area (Å²) in [5, 5.41) is 28.2. The molecule has 0 aromatic heterocycles. The Labute approximate surface area is 177 Å². The van der Waals surface area contributed by atoms with E-state index in [0.717, 1.165) is 17.6 Å². The van der Waals surface area contributed by atoms with Crippen LogP contribution in [-0.4, -0.2) is 95.8 Å². The summed E-state index contributed by atoms with van der Waals surface area (Å²) < 4.78 is 50.7. The number of nitrogens with zero attached hydrogens (tertiary/aromatic N) is 4. The highest BCUT2D eigenvalue weighted by Crippen LogP contribution is 2.66. The summed E-state index contributed by atoms with van der Waals surface area (Å²) in [6.45, 7) is -0.999. The first kappa shape index (κ1) is 25.4. The van der Waals surface area contributed by atoms with E-state index in [9.17, 15) is 28.8 Å². The third kappa shape index (κ3) is 5.27. The Hall–Kier alpha value is -1.27. The number of hydrogen-bond acceptors (Lipinski definition) is 14. The molecule has 22 heteroatoms. The number of aliphatic hydroxyl groups is 2. The molecule has 3 heterocycles. The molecule has 3 unspecified atom stereocenters. The molecule has 1 saturated heterocycles. The van der Waals surface area contributed by atoms with Crippen LogP contribution in [0.15, 0.2) is 15.0 Å². The lowest BCUT2D eigenvalue weighted by molar-refractivity contribution is -0.0504. The first-order chi connectivity index (χ1) is 14.5. The highest BCUT2D eigenvalue weighted by atomic mass is 31.3. The Morgan fingerprint density at radius 1 is 1.16 bits per heavy atom. The van der Waals surface area contributed by atoms with Gasteiger partial charge in [0.25, 0.3) is 0 Å². The van der Waals surface area contributed by atoms with Gasteiger partial charge in [0.1, 0.15) is 24.7 Å². The van der Waals surface area contributed by atoms with Crippen LogP contribution in [0, 0.1) is 5.41 Å². The zero-order valence-electron chi connectivity index (χ0n) is 15.4. The summed E-state index contributed by atoms with van der Waals surface area (Å²) in [6.07, 6.45) is -4.23. The molecule has 19 nitrogen and oxygen atoms in total. The van der Waals surface area contributed by atoms with Gasteiger partial charge in [0.05, 0.1) is 12.9 Å². The van der Waals surface area contributed by atoms with Gasteiger partial charge in [-0.1, -0.05) is 0 Å². The molecule has 0 aromatic rings. The summed E-state index contributed by atoms with van der Waals surface area (Å²) in [6, 6.07) is 0. The first-order valence-electron chi connectivity index (χ1n) is 8.17. The average molecular weight is 522 g/mol. The molecule has 3 aliphatic heterocycles. The van der Waals surface area contributed by atoms with E-state index in [1.165, 1.54) is 0 Å². The fourth-order valence-electron chi connectivity index (χ4n) is 2.79. The number of nitrogens with two attached hydrogens (primary N) is 1. The lowest BCUT2D eigenvalue weighted by Gasteiger charge is -2.30. The van der Waals surface area contributed by atoms with Crippen LogP contribution in [0.1, 0.15) is 0 Å². The van der Waals surface area contributed by atoms with E-state index in [1.54, 1.807) is 0 Å². The van der Waals surface area contributed by atoms with Crippen molar-refractivity contribution in [3.05, 3.63) is 0 Å². The van der Waals surface area contributed by atoms with E-state index < -0.39 is 60.3 Å². The number of rotatable bonds is 8. The number of nitrogens with one attached hydrogen (secondary N) is 1. The maximum atomic E-state index is 11.8. The Morgan fingerprint density at radius 2 is 1.81 bits per heavy atom. The SMILES string of the molecule is N=C1N=CN=C2N([C@@H]3O[C@H](COP(=O)(O)OP(=O)(O)OP(=O)(O)O)[C@@H](O)[C@H]3O)C=NC12N. The number of aliphatic imine (C=N–C) groups is 3. The largest absolute Gasteiger partial charge is 0.490 e. The van der Waals surface area contributed by atoms with E-state index in [-0.39, 0.29) is 11.7 Å². The second kappa shape index (κ2) is 8.50. The topological polar surface area (TPSA) is 300 Å². The summed E-state index contributed by atoms with van der Waals surface area (Å²) in [7, 11) is -16.8. The maximum Gasteiger partial charge on any atom is 0.490 e. The molecule has 180 valence electrons. The fraction of sp³-hybridized carbons (Fsp3) is 0.600. The van der Waals surface area contributed by atoms with Crippen LogP contribution in [0.2, 0.25) is 0 Å². The van der Waals surface area contributed by atoms with Gasteiger partial charge < -0.3 is 34.5 Å². The van der Waals surface area contributed by atoms with Gasteiger partial charge >= 0.3 is 23.5 Å². The van der Waals surface area contributed by atoms with Crippen molar-refractivity contribution < 1.29 is 61.4 Å². The molecule has 7 atom stereocenters. The van der Waals surface area contributed by atoms with Gasteiger partial charge in [-0.3, -0.25) is 20.6 Å². The van der Waals surface area contributed by atoms with Gasteiger partial charge in [0, 0.05) is 0 Å². The lowest BCUT2D eigenvalue weighted by atomic mass is 10.1. The molecule has 9 N–H and O–H groups in total. The zero-order valence-corrected chi connectivity index (χ0v) is 18.1. The van der Waals surface area contributed by atoms with Crippen molar-refractivity contribution in [1.82, 2.24) is 4.90 Å². The van der Waals surface area contributed by atoms with Gasteiger partial charge in [-0.05, 0) is 0 Å². The van der Waals surface area contributed by atoms with E-state index in [4.69, 9.17) is 30.6 Å². The Kier molecular flexibility index (Phi) is 6.74. The fourth-order valence-corrected chi connectivity index (χ4v) is 5.82. The minimum absolute atomic E-state index is 0.0673. The third-order valence-corrected chi connectivity index (χ3v) is 7.93. The summed E-state index contributed by atoms with van der Waals surface area (Å²) in [4.78, 5) is 48.1. The molecule has 3 aliphatic rings. The zero-order chi connectivity index (χ0) is 24.1. The predicted molar refractivity (Wildman–Crippen MR) is 101 cm³/mol. The third-order valence-electron chi connectivity index (χ3n) is 4.13. The first-order valence-corrected chi connectivity index (χ1v) is 12.7. The number of phosphoric ester groups is 1. The lowest BCUT2D eigenvalue weighted by Crippen LogP contribution is -2.58. The minimum Gasteiger partial charge on any atom is -0.387 e. The molecule has 32 heavy (non-hydrogen) atoms. The molecule has 0 saturated carbocycles. The standard InChI is InChI=1S/C10H17N6O13P3/c11-8-10(12)9(14-2-13-8)16(3-15-10)7-6(18)5(17)4(27-7)1-26-31(22,23)29-32(24,25)28-30(19,20)21/h2-7,11,17-18H,1,12H2,(H,22,23)(H,24,25)(H2,19,20,21)/t4-,5-,6-,7-,10?/m1/s1. The number of hydrogen-bond donors (Lipinski definition) is 8. The van der Waals surface area contributed by atoms with Crippen LogP contribution in [0.25, 0.3) is 0 Å². The van der Waals surface area contributed by atoms with E-state index >= 15 is 0 Å². The van der Waals surface area contributed by atoms with Crippen LogP contribution in [0.3, 0.4) is 0 Å². The van der Waals surface area contributed by atoms with Crippen molar-refractivity contribution in [3.8, 4) is 0 Å². The van der Waals surface area contributed by atoms with Gasteiger partial charge in [-0.15, -0.1) is 0 Å². The molecular formula is C10H17N6O13P3. The van der Waals surface area contributed by atoms with Gasteiger partial charge in [-0.25, -0.2) is 28.7 Å². The second-order valence-electron chi connectivity index (χ2n) is 6.40. The normalized spacial score (nSPS) is 36.0. The Balaban J connectivity index is 1.66. The van der Waals surface area contributed by atoms with Crippen LogP contribution in [-0.2, 0) is 31.6 Å². The maximum absolute atomic E-state index is 11.8. The summed E-state index contributed by atoms with van der Waals surface area (Å²) >= 11 is 0. The van der Waals surface area contributed by atoms with Crippen molar-refractivity contribution in [1.29, 1.82) is 5.41 Å². The van der Waals surface area contributed by atoms with Crippen molar-refractivity contribution in [3.63, 3.8) is 0 Å². The average Bonchev–Trinajstić information content (AvgIpc) is 3.10. The minimum atomic E-state index is -5.73. The van der Waals surface area contributed by atoms with Crippen molar-refractivity contribution in [2.75, 3.05) is 6.61 Å². The molecule has 0 aromatic carbocycles. The van der Waals surface area contributed by atoms with Crippen LogP contribution in [0.4, 0.5) is 0 Å². The number of fused-ring (bicyclic) bond motifs is 1. The van der Waals surface area contributed by atoms with E-state index in [1.807, 2.05) is 0 Å². The van der Waals surface area contributed by atoms with E-state index in [0.29, 0.717) is 0 Å². The molecule has 0 radical (unpaired) electrons. The predicted octanol–water partition coefficient (Wildman–Crippen LogP) is -2.81. The van der Waals surface area contributed by atoms with Crippen molar-refractivity contribution >= 4 is 47.8 Å². The molecular weight excluding hydrogens is 505 g/mol. The van der Waals surface area contributed by atoms with Crippen molar-refractivity contribution in [2.45, 2.75) is 30.2 Å². The molecule has 3 rings (SSSR count). The Morgan fingerprint density at radius 3 is 2.44 bits per heavy atom. The second-order valence-corrected chi connectivity index (χ2v) is 10.8. The molecule has 0 bridgehead atoms. The van der Waals surface area contributed by atoms with Crippen LogP contribution in [0.5, 0.6) is 0 Å². The number of ether oxygens (including phenoxy) is 1. The monoisotopic (exact) mass is 522 g/mol. The number of amidine groups is 2. The summed E-state index contributed by atoms with van der Waals surface area (Å²) in [5.74, 6) is -0.430. The molecule has 0 amide bonds. The molecule has 1 fully saturated rings. The highest BCUT2D eigenvalue weighted by molar-refractivity contribution is 7.66. The molecule has 0 spiro atoms. The molecule has 0 aliphatic carbocycles. The number of phosphoric acid groups is 3. The highest BCUT2D eigenvalue weighted by Gasteiger charge is 2.53. The van der Waals surface area contributed by atoms with Crippen molar-refractivity contribution in [2.24, 2.45) is 20.7 Å². The Bertz CT molecular complexity index is 1030. The number of aliphatic hydroxyl groups excluding tert-OH is 2. The van der Waals surface area contributed by atoms with Gasteiger partial charge in [0.2, 0.25) is 5.66 Å². The quantitative estimate of drug-likeness (QED) is 0.149. The van der Waals surface area contributed by atoms with Crippen LogP contribution >= 0.6 is 23.5 Å².